The lowest BCUT2D eigenvalue weighted by Crippen LogP contribution is -2.24. The molecule has 1 saturated heterocycles. The van der Waals surface area contributed by atoms with E-state index in [0.29, 0.717) is 34.7 Å². The zero-order chi connectivity index (χ0) is 24.4. The molecule has 1 fully saturated rings. The molecule has 7 nitrogen and oxygen atoms in total. The Morgan fingerprint density at radius 2 is 1.83 bits per heavy atom. The van der Waals surface area contributed by atoms with Crippen LogP contribution in [0.1, 0.15) is 18.4 Å². The van der Waals surface area contributed by atoms with Gasteiger partial charge in [0.1, 0.15) is 0 Å². The molecule has 2 heterocycles. The standard InChI is InChI=1S/C27H24N4O3S/c1-18-8-2-5-13-23(18)31-26(34)21-11-3-4-12-22(21)29-27(31)35-17-24(32)28-19-9-6-10-20(16-19)30-15-7-14-25(30)33/h2-6,8-13,16H,7,14-15,17H2,1H3,(H,28,32). The van der Waals surface area contributed by atoms with Crippen LogP contribution < -0.4 is 15.8 Å². The Morgan fingerprint density at radius 3 is 2.63 bits per heavy atom. The van der Waals surface area contributed by atoms with E-state index < -0.39 is 0 Å². The highest BCUT2D eigenvalue weighted by molar-refractivity contribution is 7.99. The van der Waals surface area contributed by atoms with E-state index in [1.165, 1.54) is 11.8 Å². The Balaban J connectivity index is 1.40. The van der Waals surface area contributed by atoms with Gasteiger partial charge in [0.2, 0.25) is 11.8 Å². The number of aromatic nitrogens is 2. The van der Waals surface area contributed by atoms with Crippen LogP contribution in [0.4, 0.5) is 11.4 Å². The predicted octanol–water partition coefficient (Wildman–Crippen LogP) is 4.55. The molecule has 0 unspecified atom stereocenters. The fraction of sp³-hybridized carbons (Fsp3) is 0.185. The van der Waals surface area contributed by atoms with Crippen LogP contribution in [-0.4, -0.2) is 33.7 Å². The SMILES string of the molecule is Cc1ccccc1-n1c(SCC(=O)Nc2cccc(N3CCCC3=O)c2)nc2ccccc2c1=O. The molecule has 1 aliphatic rings. The number of para-hydroxylation sites is 2. The number of nitrogens with one attached hydrogen (secondary N) is 1. The zero-order valence-corrected chi connectivity index (χ0v) is 20.0. The summed E-state index contributed by atoms with van der Waals surface area (Å²) in [4.78, 5) is 44.7. The molecule has 0 radical (unpaired) electrons. The van der Waals surface area contributed by atoms with Crippen LogP contribution in [0.2, 0.25) is 0 Å². The largest absolute Gasteiger partial charge is 0.325 e. The van der Waals surface area contributed by atoms with Crippen molar-refractivity contribution in [2.24, 2.45) is 0 Å². The Bertz CT molecular complexity index is 1500. The van der Waals surface area contributed by atoms with Gasteiger partial charge in [-0.3, -0.25) is 19.0 Å². The van der Waals surface area contributed by atoms with Gasteiger partial charge < -0.3 is 10.2 Å². The number of thioether (sulfide) groups is 1. The second-order valence-corrected chi connectivity index (χ2v) is 9.32. The molecule has 2 amide bonds. The van der Waals surface area contributed by atoms with E-state index in [9.17, 15) is 14.4 Å². The second kappa shape index (κ2) is 9.76. The third kappa shape index (κ3) is 4.70. The second-order valence-electron chi connectivity index (χ2n) is 8.37. The Hall–Kier alpha value is -3.91. The molecule has 35 heavy (non-hydrogen) atoms. The van der Waals surface area contributed by atoms with E-state index >= 15 is 0 Å². The first-order chi connectivity index (χ1) is 17.0. The molecule has 0 bridgehead atoms. The highest BCUT2D eigenvalue weighted by Crippen LogP contribution is 2.26. The van der Waals surface area contributed by atoms with Crippen molar-refractivity contribution < 1.29 is 9.59 Å². The van der Waals surface area contributed by atoms with E-state index in [4.69, 9.17) is 4.98 Å². The van der Waals surface area contributed by atoms with Gasteiger partial charge in [-0.2, -0.15) is 0 Å². The van der Waals surface area contributed by atoms with Gasteiger partial charge in [0.25, 0.3) is 5.56 Å². The first-order valence-electron chi connectivity index (χ1n) is 11.4. The van der Waals surface area contributed by atoms with Crippen LogP contribution >= 0.6 is 11.8 Å². The van der Waals surface area contributed by atoms with Gasteiger partial charge in [0.15, 0.2) is 5.16 Å². The molecule has 0 saturated carbocycles. The van der Waals surface area contributed by atoms with Crippen molar-refractivity contribution in [2.75, 3.05) is 22.5 Å². The first-order valence-corrected chi connectivity index (χ1v) is 12.4. The number of benzene rings is 3. The molecule has 1 aromatic heterocycles. The van der Waals surface area contributed by atoms with Crippen molar-refractivity contribution in [2.45, 2.75) is 24.9 Å². The third-order valence-electron chi connectivity index (χ3n) is 5.95. The number of rotatable bonds is 6. The van der Waals surface area contributed by atoms with Crippen molar-refractivity contribution in [1.82, 2.24) is 9.55 Å². The smallest absolute Gasteiger partial charge is 0.266 e. The number of hydrogen-bond donors (Lipinski definition) is 1. The normalized spacial score (nSPS) is 13.4. The van der Waals surface area contributed by atoms with Gasteiger partial charge in [0.05, 0.1) is 22.3 Å². The summed E-state index contributed by atoms with van der Waals surface area (Å²) in [6, 6.07) is 22.1. The average Bonchev–Trinajstić information content (AvgIpc) is 3.30. The van der Waals surface area contributed by atoms with Crippen molar-refractivity contribution in [3.05, 3.63) is 88.7 Å². The fourth-order valence-corrected chi connectivity index (χ4v) is 5.04. The van der Waals surface area contributed by atoms with Gasteiger partial charge >= 0.3 is 0 Å². The molecular weight excluding hydrogens is 460 g/mol. The minimum Gasteiger partial charge on any atom is -0.325 e. The van der Waals surface area contributed by atoms with Gasteiger partial charge in [0, 0.05) is 24.3 Å². The number of nitrogens with zero attached hydrogens (tertiary/aromatic N) is 3. The van der Waals surface area contributed by atoms with Crippen LogP contribution in [-0.2, 0) is 9.59 Å². The first kappa shape index (κ1) is 22.9. The lowest BCUT2D eigenvalue weighted by atomic mass is 10.2. The summed E-state index contributed by atoms with van der Waals surface area (Å²) in [5, 5.41) is 3.88. The average molecular weight is 485 g/mol. The number of carbonyl (C=O) groups excluding carboxylic acids is 2. The Morgan fingerprint density at radius 1 is 1.03 bits per heavy atom. The number of amides is 2. The maximum Gasteiger partial charge on any atom is 0.266 e. The number of fused-ring (bicyclic) bond motifs is 1. The topological polar surface area (TPSA) is 84.3 Å². The van der Waals surface area contributed by atoms with Crippen LogP contribution in [0.3, 0.4) is 0 Å². The molecule has 5 rings (SSSR count). The molecule has 1 aliphatic heterocycles. The fourth-order valence-electron chi connectivity index (χ4n) is 4.24. The highest BCUT2D eigenvalue weighted by Gasteiger charge is 2.22. The summed E-state index contributed by atoms with van der Waals surface area (Å²) in [5.41, 5.74) is 3.50. The van der Waals surface area contributed by atoms with E-state index in [2.05, 4.69) is 5.32 Å². The molecule has 0 spiro atoms. The molecule has 3 aromatic carbocycles. The summed E-state index contributed by atoms with van der Waals surface area (Å²) < 4.78 is 1.58. The summed E-state index contributed by atoms with van der Waals surface area (Å²) in [5.74, 6) is -0.0528. The van der Waals surface area contributed by atoms with Crippen molar-refractivity contribution >= 4 is 45.9 Å². The molecule has 1 N–H and O–H groups in total. The molecule has 0 aliphatic carbocycles. The molecule has 8 heteroatoms. The number of aryl methyl sites for hydroxylation is 1. The summed E-state index contributed by atoms with van der Waals surface area (Å²) in [7, 11) is 0. The maximum absolute atomic E-state index is 13.4. The third-order valence-corrected chi connectivity index (χ3v) is 6.89. The summed E-state index contributed by atoms with van der Waals surface area (Å²) in [6.45, 7) is 2.63. The predicted molar refractivity (Wildman–Crippen MR) is 139 cm³/mol. The maximum atomic E-state index is 13.4. The minimum atomic E-state index is -0.223. The van der Waals surface area contributed by atoms with E-state index in [0.717, 1.165) is 23.4 Å². The Kier molecular flexibility index (Phi) is 6.37. The highest BCUT2D eigenvalue weighted by atomic mass is 32.2. The lowest BCUT2D eigenvalue weighted by molar-refractivity contribution is -0.117. The van der Waals surface area contributed by atoms with Gasteiger partial charge in [-0.1, -0.05) is 48.2 Å². The molecular formula is C27H24N4O3S. The van der Waals surface area contributed by atoms with Crippen LogP contribution in [0, 0.1) is 6.92 Å². The number of anilines is 2. The van der Waals surface area contributed by atoms with Crippen molar-refractivity contribution in [3.8, 4) is 5.69 Å². The molecule has 4 aromatic rings. The summed E-state index contributed by atoms with van der Waals surface area (Å²) in [6.07, 6.45) is 1.39. The Labute approximate surface area is 206 Å². The van der Waals surface area contributed by atoms with E-state index in [-0.39, 0.29) is 23.1 Å². The molecule has 0 atom stereocenters. The monoisotopic (exact) mass is 484 g/mol. The molecule has 176 valence electrons. The number of carbonyl (C=O) groups is 2. The zero-order valence-electron chi connectivity index (χ0n) is 19.2. The van der Waals surface area contributed by atoms with Gasteiger partial charge in [-0.15, -0.1) is 0 Å². The van der Waals surface area contributed by atoms with Crippen molar-refractivity contribution in [1.29, 1.82) is 0 Å². The minimum absolute atomic E-state index is 0.0730. The van der Waals surface area contributed by atoms with Crippen LogP contribution in [0.25, 0.3) is 16.6 Å². The quantitative estimate of drug-likeness (QED) is 0.321. The summed E-state index contributed by atoms with van der Waals surface area (Å²) >= 11 is 1.21. The van der Waals surface area contributed by atoms with Crippen molar-refractivity contribution in [3.63, 3.8) is 0 Å². The lowest BCUT2D eigenvalue weighted by Gasteiger charge is -2.17. The van der Waals surface area contributed by atoms with Gasteiger partial charge in [-0.05, 0) is 55.3 Å². The number of hydrogen-bond acceptors (Lipinski definition) is 5. The van der Waals surface area contributed by atoms with E-state index in [1.54, 1.807) is 27.7 Å². The van der Waals surface area contributed by atoms with Crippen LogP contribution in [0.5, 0.6) is 0 Å². The van der Waals surface area contributed by atoms with Gasteiger partial charge in [-0.25, -0.2) is 4.98 Å². The van der Waals surface area contributed by atoms with Crippen LogP contribution in [0.15, 0.2) is 82.7 Å². The van der Waals surface area contributed by atoms with E-state index in [1.807, 2.05) is 61.5 Å².